The zero-order valence-electron chi connectivity index (χ0n) is 10.7. The fourth-order valence-corrected chi connectivity index (χ4v) is 2.10. The highest BCUT2D eigenvalue weighted by atomic mass is 35.5. The second-order valence-corrected chi connectivity index (χ2v) is 5.20. The zero-order chi connectivity index (χ0) is 14.0. The van der Waals surface area contributed by atoms with Gasteiger partial charge >= 0.3 is 0 Å². The molecule has 4 heteroatoms. The maximum absolute atomic E-state index is 5.99. The van der Waals surface area contributed by atoms with E-state index >= 15 is 0 Å². The van der Waals surface area contributed by atoms with Crippen LogP contribution < -0.4 is 10.5 Å². The minimum Gasteiger partial charge on any atom is -0.456 e. The van der Waals surface area contributed by atoms with Crippen LogP contribution in [0.2, 0.25) is 5.02 Å². The van der Waals surface area contributed by atoms with Gasteiger partial charge in [-0.1, -0.05) is 42.0 Å². The Hall–Kier alpha value is -1.58. The van der Waals surface area contributed by atoms with Gasteiger partial charge in [-0.15, -0.1) is 0 Å². The van der Waals surface area contributed by atoms with Crippen molar-refractivity contribution in [1.82, 2.24) is 0 Å². The van der Waals surface area contributed by atoms with Gasteiger partial charge in [-0.2, -0.15) is 0 Å². The van der Waals surface area contributed by atoms with Crippen molar-refractivity contribution >= 4 is 28.8 Å². The maximum Gasteiger partial charge on any atom is 0.140 e. The number of rotatable bonds is 3. The Morgan fingerprint density at radius 1 is 1.16 bits per heavy atom. The molecule has 0 heterocycles. The van der Waals surface area contributed by atoms with Gasteiger partial charge in [0.05, 0.1) is 5.56 Å². The topological polar surface area (TPSA) is 35.2 Å². The minimum atomic E-state index is 0.318. The lowest BCUT2D eigenvalue weighted by Gasteiger charge is -2.14. The molecule has 2 rings (SSSR count). The lowest BCUT2D eigenvalue weighted by Crippen LogP contribution is -2.11. The van der Waals surface area contributed by atoms with Crippen LogP contribution in [-0.4, -0.2) is 4.99 Å². The average molecular weight is 292 g/mol. The lowest BCUT2D eigenvalue weighted by molar-refractivity contribution is 0.474. The van der Waals surface area contributed by atoms with Crippen LogP contribution in [0.15, 0.2) is 36.4 Å². The Morgan fingerprint density at radius 2 is 1.89 bits per heavy atom. The molecule has 19 heavy (non-hydrogen) atoms. The van der Waals surface area contributed by atoms with Crippen LogP contribution in [0.3, 0.4) is 0 Å². The van der Waals surface area contributed by atoms with Gasteiger partial charge in [0, 0.05) is 5.02 Å². The van der Waals surface area contributed by atoms with Crippen molar-refractivity contribution in [2.45, 2.75) is 13.8 Å². The van der Waals surface area contributed by atoms with Crippen molar-refractivity contribution in [2.75, 3.05) is 0 Å². The fraction of sp³-hybridized carbons (Fsp3) is 0.133. The normalized spacial score (nSPS) is 10.3. The predicted molar refractivity (Wildman–Crippen MR) is 83.3 cm³/mol. The van der Waals surface area contributed by atoms with E-state index in [1.54, 1.807) is 6.07 Å². The van der Waals surface area contributed by atoms with Gasteiger partial charge in [0.1, 0.15) is 16.5 Å². The summed E-state index contributed by atoms with van der Waals surface area (Å²) in [5.41, 5.74) is 8.44. The molecular weight excluding hydrogens is 278 g/mol. The molecule has 2 aromatic rings. The Balaban J connectivity index is 2.49. The largest absolute Gasteiger partial charge is 0.456 e. The summed E-state index contributed by atoms with van der Waals surface area (Å²) in [6.07, 6.45) is 0. The van der Waals surface area contributed by atoms with E-state index in [0.29, 0.717) is 21.5 Å². The van der Waals surface area contributed by atoms with Crippen molar-refractivity contribution < 1.29 is 4.74 Å². The highest BCUT2D eigenvalue weighted by molar-refractivity contribution is 7.80. The first-order valence-electron chi connectivity index (χ1n) is 5.82. The Morgan fingerprint density at radius 3 is 2.58 bits per heavy atom. The molecule has 2 N–H and O–H groups in total. The predicted octanol–water partition coefficient (Wildman–Crippen LogP) is 4.38. The van der Waals surface area contributed by atoms with E-state index in [1.807, 2.05) is 44.2 Å². The van der Waals surface area contributed by atoms with E-state index in [4.69, 9.17) is 34.3 Å². The van der Waals surface area contributed by atoms with E-state index in [2.05, 4.69) is 0 Å². The Labute approximate surface area is 123 Å². The molecule has 0 bridgehead atoms. The van der Waals surface area contributed by atoms with Gasteiger partial charge in [-0.05, 0) is 43.2 Å². The molecule has 0 fully saturated rings. The first-order chi connectivity index (χ1) is 8.99. The van der Waals surface area contributed by atoms with Crippen molar-refractivity contribution in [3.63, 3.8) is 0 Å². The molecule has 0 aliphatic heterocycles. The molecule has 0 saturated carbocycles. The number of hydrogen-bond donors (Lipinski definition) is 1. The second-order valence-electron chi connectivity index (χ2n) is 4.33. The van der Waals surface area contributed by atoms with Crippen LogP contribution in [0.1, 0.15) is 16.7 Å². The molecule has 0 atom stereocenters. The molecule has 0 aromatic heterocycles. The van der Waals surface area contributed by atoms with Crippen LogP contribution in [0.25, 0.3) is 0 Å². The van der Waals surface area contributed by atoms with Crippen molar-refractivity contribution in [2.24, 2.45) is 5.73 Å². The molecule has 0 aliphatic rings. The van der Waals surface area contributed by atoms with E-state index in [-0.39, 0.29) is 0 Å². The summed E-state index contributed by atoms with van der Waals surface area (Å²) < 4.78 is 5.96. The molecule has 0 aliphatic carbocycles. The number of ether oxygens (including phenoxy) is 1. The quantitative estimate of drug-likeness (QED) is 0.852. The average Bonchev–Trinajstić information content (AvgIpc) is 2.35. The molecule has 0 spiro atoms. The highest BCUT2D eigenvalue weighted by Gasteiger charge is 2.11. The Kier molecular flexibility index (Phi) is 4.08. The first-order valence-corrected chi connectivity index (χ1v) is 6.61. The summed E-state index contributed by atoms with van der Waals surface area (Å²) in [7, 11) is 0. The van der Waals surface area contributed by atoms with Gasteiger partial charge in [0.2, 0.25) is 0 Å². The fourth-order valence-electron chi connectivity index (χ4n) is 1.78. The number of aryl methyl sites for hydroxylation is 2. The zero-order valence-corrected chi connectivity index (χ0v) is 12.3. The van der Waals surface area contributed by atoms with Crippen LogP contribution in [0, 0.1) is 13.8 Å². The number of nitrogens with two attached hydrogens (primary N) is 1. The number of thiocarbonyl (C=S) groups is 1. The maximum atomic E-state index is 5.99. The summed E-state index contributed by atoms with van der Waals surface area (Å²) in [4.78, 5) is 0.318. The monoisotopic (exact) mass is 291 g/mol. The number of halogens is 1. The SMILES string of the molecule is Cc1ccc(Cl)cc1Oc1c(C)cccc1C(N)=S. The molecule has 2 nitrogen and oxygen atoms in total. The van der Waals surface area contributed by atoms with Crippen molar-refractivity contribution in [1.29, 1.82) is 0 Å². The van der Waals surface area contributed by atoms with Gasteiger partial charge in [-0.25, -0.2) is 0 Å². The number of benzene rings is 2. The molecule has 0 amide bonds. The summed E-state index contributed by atoms with van der Waals surface area (Å²) in [5, 5.41) is 0.631. The smallest absolute Gasteiger partial charge is 0.140 e. The number of hydrogen-bond acceptors (Lipinski definition) is 2. The van der Waals surface area contributed by atoms with E-state index in [0.717, 1.165) is 16.7 Å². The van der Waals surface area contributed by atoms with E-state index in [1.165, 1.54) is 0 Å². The van der Waals surface area contributed by atoms with Gasteiger partial charge in [0.15, 0.2) is 0 Å². The summed E-state index contributed by atoms with van der Waals surface area (Å²) >= 11 is 11.1. The van der Waals surface area contributed by atoms with Crippen molar-refractivity contribution in [3.8, 4) is 11.5 Å². The summed E-state index contributed by atoms with van der Waals surface area (Å²) in [6, 6.07) is 11.2. The van der Waals surface area contributed by atoms with Gasteiger partial charge < -0.3 is 10.5 Å². The van der Waals surface area contributed by atoms with Crippen LogP contribution in [0.5, 0.6) is 11.5 Å². The third-order valence-electron chi connectivity index (χ3n) is 2.84. The van der Waals surface area contributed by atoms with Gasteiger partial charge in [0.25, 0.3) is 0 Å². The van der Waals surface area contributed by atoms with Crippen molar-refractivity contribution in [3.05, 3.63) is 58.1 Å². The third kappa shape index (κ3) is 3.06. The lowest BCUT2D eigenvalue weighted by atomic mass is 10.1. The highest BCUT2D eigenvalue weighted by Crippen LogP contribution is 2.32. The van der Waals surface area contributed by atoms with Crippen LogP contribution in [0.4, 0.5) is 0 Å². The third-order valence-corrected chi connectivity index (χ3v) is 3.29. The van der Waals surface area contributed by atoms with Crippen LogP contribution >= 0.6 is 23.8 Å². The first kappa shape index (κ1) is 13.8. The van der Waals surface area contributed by atoms with Gasteiger partial charge in [-0.3, -0.25) is 0 Å². The summed E-state index contributed by atoms with van der Waals surface area (Å²) in [5.74, 6) is 1.39. The summed E-state index contributed by atoms with van der Waals surface area (Å²) in [6.45, 7) is 3.92. The molecular formula is C15H14ClNOS. The minimum absolute atomic E-state index is 0.318. The molecule has 98 valence electrons. The Bertz CT molecular complexity index is 640. The number of para-hydroxylation sites is 1. The van der Waals surface area contributed by atoms with E-state index in [9.17, 15) is 0 Å². The molecule has 2 aromatic carbocycles. The standard InChI is InChI=1S/C15H14ClNOS/c1-9-6-7-11(16)8-13(9)18-14-10(2)4-3-5-12(14)15(17)19/h3-8H,1-2H3,(H2,17,19). The van der Waals surface area contributed by atoms with E-state index < -0.39 is 0 Å². The molecule has 0 saturated heterocycles. The second kappa shape index (κ2) is 5.59. The molecule has 0 unspecified atom stereocenters. The van der Waals surface area contributed by atoms with Crippen LogP contribution in [-0.2, 0) is 0 Å². The molecule has 0 radical (unpaired) electrons.